The second-order valence-corrected chi connectivity index (χ2v) is 7.56. The van der Waals surface area contributed by atoms with Gasteiger partial charge in [0.2, 0.25) is 5.91 Å². The van der Waals surface area contributed by atoms with Crippen LogP contribution >= 0.6 is 11.8 Å². The van der Waals surface area contributed by atoms with Gasteiger partial charge in [0.25, 0.3) is 0 Å². The van der Waals surface area contributed by atoms with E-state index in [0.29, 0.717) is 18.9 Å². The molecule has 0 spiro atoms. The van der Waals surface area contributed by atoms with Crippen molar-refractivity contribution in [1.29, 1.82) is 0 Å². The highest BCUT2D eigenvalue weighted by atomic mass is 32.2. The SMILES string of the molecule is CC(Sc1nncn1CC(F)(F)F)C(=O)Nc1ccc(N2CCOCC2)cc1. The van der Waals surface area contributed by atoms with Gasteiger partial charge in [-0.15, -0.1) is 10.2 Å². The van der Waals surface area contributed by atoms with Gasteiger partial charge in [-0.1, -0.05) is 11.8 Å². The second kappa shape index (κ2) is 8.82. The lowest BCUT2D eigenvalue weighted by atomic mass is 10.2. The second-order valence-electron chi connectivity index (χ2n) is 6.25. The van der Waals surface area contributed by atoms with Gasteiger partial charge in [-0.05, 0) is 31.2 Å². The maximum absolute atomic E-state index is 12.6. The molecule has 0 aliphatic carbocycles. The van der Waals surface area contributed by atoms with Crippen molar-refractivity contribution in [2.45, 2.75) is 30.1 Å². The molecule has 1 aliphatic rings. The Labute approximate surface area is 164 Å². The van der Waals surface area contributed by atoms with Gasteiger partial charge in [0.1, 0.15) is 12.9 Å². The standard InChI is InChI=1S/C17H20F3N5O2S/c1-12(28-16-23-21-11-25(16)10-17(18,19)20)15(26)22-13-2-4-14(5-3-13)24-6-8-27-9-7-24/h2-5,11-12H,6-10H2,1H3,(H,22,26). The number of anilines is 2. The Bertz CT molecular complexity index is 791. The first-order valence-electron chi connectivity index (χ1n) is 8.67. The van der Waals surface area contributed by atoms with Gasteiger partial charge in [-0.2, -0.15) is 13.2 Å². The number of aromatic nitrogens is 3. The van der Waals surface area contributed by atoms with Gasteiger partial charge in [-0.3, -0.25) is 9.36 Å². The number of hydrogen-bond donors (Lipinski definition) is 1. The third kappa shape index (κ3) is 5.61. The minimum atomic E-state index is -4.38. The number of nitrogens with one attached hydrogen (secondary N) is 1. The van der Waals surface area contributed by atoms with Crippen molar-refractivity contribution in [3.63, 3.8) is 0 Å². The number of carbonyl (C=O) groups excluding carboxylic acids is 1. The molecule has 11 heteroatoms. The Kier molecular flexibility index (Phi) is 6.45. The summed E-state index contributed by atoms with van der Waals surface area (Å²) in [5.74, 6) is -0.328. The molecule has 1 N–H and O–H groups in total. The van der Waals surface area contributed by atoms with Crippen LogP contribution in [0.1, 0.15) is 6.92 Å². The van der Waals surface area contributed by atoms with E-state index in [4.69, 9.17) is 4.74 Å². The molecular formula is C17H20F3N5O2S. The van der Waals surface area contributed by atoms with E-state index in [2.05, 4.69) is 20.4 Å². The lowest BCUT2D eigenvalue weighted by Gasteiger charge is -2.28. The summed E-state index contributed by atoms with van der Waals surface area (Å²) in [5, 5.41) is 9.35. The third-order valence-electron chi connectivity index (χ3n) is 4.09. The van der Waals surface area contributed by atoms with Gasteiger partial charge in [-0.25, -0.2) is 0 Å². The highest BCUT2D eigenvalue weighted by molar-refractivity contribution is 8.00. The van der Waals surface area contributed by atoms with E-state index < -0.39 is 18.0 Å². The number of halogens is 3. The van der Waals surface area contributed by atoms with Crippen molar-refractivity contribution in [2.24, 2.45) is 0 Å². The van der Waals surface area contributed by atoms with Gasteiger partial charge >= 0.3 is 6.18 Å². The average Bonchev–Trinajstić information content (AvgIpc) is 3.08. The smallest absolute Gasteiger partial charge is 0.378 e. The lowest BCUT2D eigenvalue weighted by Crippen LogP contribution is -2.36. The summed E-state index contributed by atoms with van der Waals surface area (Å²) >= 11 is 0.926. The molecule has 0 bridgehead atoms. The summed E-state index contributed by atoms with van der Waals surface area (Å²) < 4.78 is 43.9. The highest BCUT2D eigenvalue weighted by Crippen LogP contribution is 2.26. The van der Waals surface area contributed by atoms with Crippen molar-refractivity contribution >= 4 is 29.0 Å². The molecule has 7 nitrogen and oxygen atoms in total. The fourth-order valence-electron chi connectivity index (χ4n) is 2.67. The molecule has 2 heterocycles. The number of amides is 1. The Morgan fingerprint density at radius 3 is 2.61 bits per heavy atom. The quantitative estimate of drug-likeness (QED) is 0.732. The van der Waals surface area contributed by atoms with Crippen LogP contribution in [0.4, 0.5) is 24.5 Å². The predicted molar refractivity (Wildman–Crippen MR) is 99.5 cm³/mol. The zero-order valence-corrected chi connectivity index (χ0v) is 16.0. The van der Waals surface area contributed by atoms with Crippen LogP contribution in [0.5, 0.6) is 0 Å². The molecule has 3 rings (SSSR count). The topological polar surface area (TPSA) is 72.3 Å². The summed E-state index contributed by atoms with van der Waals surface area (Å²) in [5.41, 5.74) is 1.66. The van der Waals surface area contributed by atoms with Crippen LogP contribution in [0, 0.1) is 0 Å². The molecule has 2 aromatic rings. The van der Waals surface area contributed by atoms with Crippen molar-refractivity contribution < 1.29 is 22.7 Å². The van der Waals surface area contributed by atoms with Crippen LogP contribution in [-0.2, 0) is 16.1 Å². The number of alkyl halides is 3. The van der Waals surface area contributed by atoms with Gasteiger partial charge < -0.3 is 15.0 Å². The zero-order chi connectivity index (χ0) is 20.1. The number of carbonyl (C=O) groups is 1. The maximum Gasteiger partial charge on any atom is 0.406 e. The summed E-state index contributed by atoms with van der Waals surface area (Å²) in [7, 11) is 0. The van der Waals surface area contributed by atoms with E-state index in [1.807, 2.05) is 12.1 Å². The zero-order valence-electron chi connectivity index (χ0n) is 15.1. The number of rotatable bonds is 6. The van der Waals surface area contributed by atoms with Crippen molar-refractivity contribution in [3.05, 3.63) is 30.6 Å². The van der Waals surface area contributed by atoms with Crippen LogP contribution in [0.15, 0.2) is 35.7 Å². The number of ether oxygens (including phenoxy) is 1. The number of morpholine rings is 1. The first-order valence-corrected chi connectivity index (χ1v) is 9.54. The minimum Gasteiger partial charge on any atom is -0.378 e. The number of thioether (sulfide) groups is 1. The molecule has 1 fully saturated rings. The van der Waals surface area contributed by atoms with E-state index in [1.165, 1.54) is 0 Å². The molecule has 28 heavy (non-hydrogen) atoms. The number of hydrogen-bond acceptors (Lipinski definition) is 6. The molecular weight excluding hydrogens is 395 g/mol. The van der Waals surface area contributed by atoms with Crippen LogP contribution in [-0.4, -0.2) is 58.4 Å². The molecule has 1 unspecified atom stereocenters. The van der Waals surface area contributed by atoms with E-state index in [0.717, 1.165) is 41.4 Å². The molecule has 1 aromatic heterocycles. The Morgan fingerprint density at radius 1 is 1.29 bits per heavy atom. The van der Waals surface area contributed by atoms with E-state index in [1.54, 1.807) is 19.1 Å². The van der Waals surface area contributed by atoms with Crippen LogP contribution in [0.2, 0.25) is 0 Å². The average molecular weight is 415 g/mol. The van der Waals surface area contributed by atoms with Crippen molar-refractivity contribution in [3.8, 4) is 0 Å². The molecule has 1 aromatic carbocycles. The fraction of sp³-hybridized carbons (Fsp3) is 0.471. The van der Waals surface area contributed by atoms with Crippen molar-refractivity contribution in [1.82, 2.24) is 14.8 Å². The largest absolute Gasteiger partial charge is 0.406 e. The predicted octanol–water partition coefficient (Wildman–Crippen LogP) is 2.80. The summed E-state index contributed by atoms with van der Waals surface area (Å²) in [6, 6.07) is 7.43. The van der Waals surface area contributed by atoms with E-state index in [-0.39, 0.29) is 11.1 Å². The molecule has 1 atom stereocenters. The van der Waals surface area contributed by atoms with Crippen molar-refractivity contribution in [2.75, 3.05) is 36.5 Å². The lowest BCUT2D eigenvalue weighted by molar-refractivity contribution is -0.142. The fourth-order valence-corrected chi connectivity index (χ4v) is 3.49. The number of benzene rings is 1. The van der Waals surface area contributed by atoms with Crippen LogP contribution in [0.3, 0.4) is 0 Å². The minimum absolute atomic E-state index is 0.0441. The summed E-state index contributed by atoms with van der Waals surface area (Å²) in [6.45, 7) is 3.42. The molecule has 1 saturated heterocycles. The Hall–Kier alpha value is -2.27. The highest BCUT2D eigenvalue weighted by Gasteiger charge is 2.30. The van der Waals surface area contributed by atoms with Crippen LogP contribution < -0.4 is 10.2 Å². The maximum atomic E-state index is 12.6. The Balaban J connectivity index is 1.56. The van der Waals surface area contributed by atoms with Crippen LogP contribution in [0.25, 0.3) is 0 Å². The molecule has 1 aliphatic heterocycles. The molecule has 1 amide bonds. The van der Waals surface area contributed by atoms with E-state index >= 15 is 0 Å². The normalized spacial score (nSPS) is 16.1. The Morgan fingerprint density at radius 2 is 1.96 bits per heavy atom. The monoisotopic (exact) mass is 415 g/mol. The molecule has 0 saturated carbocycles. The first kappa shape index (κ1) is 20.5. The molecule has 0 radical (unpaired) electrons. The molecule has 152 valence electrons. The summed E-state index contributed by atoms with van der Waals surface area (Å²) in [6.07, 6.45) is -3.38. The third-order valence-corrected chi connectivity index (χ3v) is 5.19. The van der Waals surface area contributed by atoms with Gasteiger partial charge in [0, 0.05) is 24.5 Å². The van der Waals surface area contributed by atoms with Gasteiger partial charge in [0.15, 0.2) is 5.16 Å². The van der Waals surface area contributed by atoms with E-state index in [9.17, 15) is 18.0 Å². The summed E-state index contributed by atoms with van der Waals surface area (Å²) in [4.78, 5) is 14.6. The van der Waals surface area contributed by atoms with Gasteiger partial charge in [0.05, 0.1) is 18.5 Å². The number of nitrogens with zero attached hydrogens (tertiary/aromatic N) is 4. The first-order chi connectivity index (χ1) is 13.3.